The van der Waals surface area contributed by atoms with Crippen molar-refractivity contribution in [1.29, 1.82) is 0 Å². The first-order valence-corrected chi connectivity index (χ1v) is 8.74. The summed E-state index contributed by atoms with van der Waals surface area (Å²) in [5, 5.41) is 7.95. The fourth-order valence-corrected chi connectivity index (χ4v) is 2.63. The molecule has 4 aromatic rings. The number of carbonyl (C=O) groups excluding carboxylic acids is 2. The summed E-state index contributed by atoms with van der Waals surface area (Å²) in [6.07, 6.45) is 0. The van der Waals surface area contributed by atoms with E-state index >= 15 is 0 Å². The van der Waals surface area contributed by atoms with Crippen LogP contribution in [-0.2, 0) is 0 Å². The van der Waals surface area contributed by atoms with E-state index in [1.165, 1.54) is 6.07 Å². The molecule has 0 radical (unpaired) electrons. The number of para-hydroxylation sites is 1. The Balaban J connectivity index is 1.60. The lowest BCUT2D eigenvalue weighted by atomic mass is 10.2. The van der Waals surface area contributed by atoms with Crippen LogP contribution >= 0.6 is 0 Å². The van der Waals surface area contributed by atoms with E-state index in [-0.39, 0.29) is 11.6 Å². The SMILES string of the molecule is Cc1cc(C(=O)NNC(=O)c2nc(-c3ccccc3)n(-c3ccccc3)n2)on1. The molecule has 2 aromatic carbocycles. The molecule has 0 aliphatic carbocycles. The molecular formula is C20H16N6O3. The molecule has 2 amide bonds. The second kappa shape index (κ2) is 7.77. The molecule has 0 saturated heterocycles. The number of nitrogens with zero attached hydrogens (tertiary/aromatic N) is 4. The molecule has 0 saturated carbocycles. The van der Waals surface area contributed by atoms with Gasteiger partial charge in [-0.15, -0.1) is 5.10 Å². The van der Waals surface area contributed by atoms with Crippen LogP contribution in [0.1, 0.15) is 26.9 Å². The third-order valence-corrected chi connectivity index (χ3v) is 3.98. The van der Waals surface area contributed by atoms with E-state index in [0.717, 1.165) is 11.3 Å². The van der Waals surface area contributed by atoms with Gasteiger partial charge >= 0.3 is 11.8 Å². The Kier molecular flexibility index (Phi) is 4.85. The van der Waals surface area contributed by atoms with E-state index < -0.39 is 11.8 Å². The number of benzene rings is 2. The van der Waals surface area contributed by atoms with Gasteiger partial charge in [0.05, 0.1) is 11.4 Å². The highest BCUT2D eigenvalue weighted by Gasteiger charge is 2.20. The highest BCUT2D eigenvalue weighted by atomic mass is 16.5. The highest BCUT2D eigenvalue weighted by Crippen LogP contribution is 2.20. The Labute approximate surface area is 165 Å². The fraction of sp³-hybridized carbons (Fsp3) is 0.0500. The number of hydrazine groups is 1. The Morgan fingerprint density at radius 2 is 1.59 bits per heavy atom. The van der Waals surface area contributed by atoms with Crippen molar-refractivity contribution in [3.8, 4) is 17.1 Å². The van der Waals surface area contributed by atoms with Gasteiger partial charge in [-0.2, -0.15) is 0 Å². The first-order valence-electron chi connectivity index (χ1n) is 8.74. The molecular weight excluding hydrogens is 372 g/mol. The average Bonchev–Trinajstić information content (AvgIpc) is 3.40. The summed E-state index contributed by atoms with van der Waals surface area (Å²) in [7, 11) is 0. The number of aryl methyl sites for hydroxylation is 1. The molecule has 2 aromatic heterocycles. The minimum absolute atomic E-state index is 0.0180. The maximum atomic E-state index is 12.5. The molecule has 0 aliphatic heterocycles. The van der Waals surface area contributed by atoms with Crippen LogP contribution in [0.5, 0.6) is 0 Å². The van der Waals surface area contributed by atoms with Crippen molar-refractivity contribution >= 4 is 11.8 Å². The number of hydrogen-bond acceptors (Lipinski definition) is 6. The first kappa shape index (κ1) is 18.1. The molecule has 29 heavy (non-hydrogen) atoms. The van der Waals surface area contributed by atoms with Crippen LogP contribution in [0, 0.1) is 6.92 Å². The lowest BCUT2D eigenvalue weighted by Crippen LogP contribution is -2.42. The van der Waals surface area contributed by atoms with Crippen LogP contribution in [0.2, 0.25) is 0 Å². The summed E-state index contributed by atoms with van der Waals surface area (Å²) in [6, 6.07) is 20.2. The predicted molar refractivity (Wildman–Crippen MR) is 103 cm³/mol. The molecule has 4 rings (SSSR count). The Morgan fingerprint density at radius 3 is 2.24 bits per heavy atom. The zero-order valence-corrected chi connectivity index (χ0v) is 15.4. The van der Waals surface area contributed by atoms with Gasteiger partial charge < -0.3 is 4.52 Å². The van der Waals surface area contributed by atoms with Gasteiger partial charge in [0, 0.05) is 11.6 Å². The monoisotopic (exact) mass is 388 g/mol. The molecule has 9 nitrogen and oxygen atoms in total. The second-order valence-electron chi connectivity index (χ2n) is 6.11. The smallest absolute Gasteiger partial charge is 0.309 e. The topological polar surface area (TPSA) is 115 Å². The summed E-state index contributed by atoms with van der Waals surface area (Å²) in [5.41, 5.74) is 6.64. The zero-order valence-electron chi connectivity index (χ0n) is 15.4. The van der Waals surface area contributed by atoms with Gasteiger partial charge in [0.2, 0.25) is 11.6 Å². The largest absolute Gasteiger partial charge is 0.351 e. The van der Waals surface area contributed by atoms with Crippen LogP contribution < -0.4 is 10.9 Å². The molecule has 2 N–H and O–H groups in total. The van der Waals surface area contributed by atoms with E-state index in [4.69, 9.17) is 4.52 Å². The highest BCUT2D eigenvalue weighted by molar-refractivity contribution is 5.96. The lowest BCUT2D eigenvalue weighted by molar-refractivity contribution is 0.0820. The quantitative estimate of drug-likeness (QED) is 0.519. The lowest BCUT2D eigenvalue weighted by Gasteiger charge is -2.05. The van der Waals surface area contributed by atoms with Crippen LogP contribution in [-0.4, -0.2) is 31.7 Å². The second-order valence-corrected chi connectivity index (χ2v) is 6.11. The van der Waals surface area contributed by atoms with Crippen molar-refractivity contribution in [2.24, 2.45) is 0 Å². The maximum Gasteiger partial charge on any atom is 0.309 e. The van der Waals surface area contributed by atoms with Crippen molar-refractivity contribution in [2.45, 2.75) is 6.92 Å². The van der Waals surface area contributed by atoms with Gasteiger partial charge in [-0.3, -0.25) is 20.4 Å². The molecule has 0 atom stereocenters. The Morgan fingerprint density at radius 1 is 0.931 bits per heavy atom. The van der Waals surface area contributed by atoms with E-state index in [1.807, 2.05) is 60.7 Å². The van der Waals surface area contributed by atoms with E-state index in [0.29, 0.717) is 11.5 Å². The third kappa shape index (κ3) is 3.88. The van der Waals surface area contributed by atoms with Gasteiger partial charge in [-0.1, -0.05) is 53.7 Å². The number of rotatable bonds is 4. The van der Waals surface area contributed by atoms with Crippen LogP contribution in [0.15, 0.2) is 71.3 Å². The van der Waals surface area contributed by atoms with Crippen molar-refractivity contribution < 1.29 is 14.1 Å². The Hall–Kier alpha value is -4.27. The third-order valence-electron chi connectivity index (χ3n) is 3.98. The van der Waals surface area contributed by atoms with E-state index in [9.17, 15) is 9.59 Å². The van der Waals surface area contributed by atoms with Crippen molar-refractivity contribution in [3.05, 3.63) is 84.0 Å². The van der Waals surface area contributed by atoms with Crippen molar-refractivity contribution in [2.75, 3.05) is 0 Å². The van der Waals surface area contributed by atoms with Gasteiger partial charge in [0.1, 0.15) is 0 Å². The summed E-state index contributed by atoms with van der Waals surface area (Å²) in [4.78, 5) is 28.9. The van der Waals surface area contributed by atoms with Gasteiger partial charge in [-0.25, -0.2) is 9.67 Å². The molecule has 144 valence electrons. The van der Waals surface area contributed by atoms with Crippen molar-refractivity contribution in [3.63, 3.8) is 0 Å². The Bertz CT molecular complexity index is 1090. The molecule has 2 heterocycles. The maximum absolute atomic E-state index is 12.5. The van der Waals surface area contributed by atoms with E-state index in [1.54, 1.807) is 11.6 Å². The average molecular weight is 388 g/mol. The number of aromatic nitrogens is 4. The van der Waals surface area contributed by atoms with Gasteiger partial charge in [0.15, 0.2) is 5.82 Å². The molecule has 0 spiro atoms. The molecule has 0 unspecified atom stereocenters. The minimum atomic E-state index is -0.665. The zero-order chi connectivity index (χ0) is 20.2. The first-order chi connectivity index (χ1) is 14.1. The molecule has 0 bridgehead atoms. The summed E-state index contributed by atoms with van der Waals surface area (Å²) in [5.74, 6) is -0.914. The molecule has 0 aliphatic rings. The number of hydrogen-bond donors (Lipinski definition) is 2. The molecule has 0 fully saturated rings. The normalized spacial score (nSPS) is 10.5. The van der Waals surface area contributed by atoms with Crippen LogP contribution in [0.3, 0.4) is 0 Å². The van der Waals surface area contributed by atoms with Gasteiger partial charge in [0.25, 0.3) is 0 Å². The fourth-order valence-electron chi connectivity index (χ4n) is 2.63. The van der Waals surface area contributed by atoms with Crippen molar-refractivity contribution in [1.82, 2.24) is 30.8 Å². The number of amides is 2. The van der Waals surface area contributed by atoms with Crippen LogP contribution in [0.25, 0.3) is 17.1 Å². The van der Waals surface area contributed by atoms with E-state index in [2.05, 4.69) is 26.1 Å². The number of carbonyl (C=O) groups is 2. The predicted octanol–water partition coefficient (Wildman–Crippen LogP) is 2.31. The number of nitrogens with one attached hydrogen (secondary N) is 2. The summed E-state index contributed by atoms with van der Waals surface area (Å²) in [6.45, 7) is 1.68. The van der Waals surface area contributed by atoms with Crippen LogP contribution in [0.4, 0.5) is 0 Å². The summed E-state index contributed by atoms with van der Waals surface area (Å²) < 4.78 is 6.43. The molecule has 9 heteroatoms. The minimum Gasteiger partial charge on any atom is -0.351 e. The summed E-state index contributed by atoms with van der Waals surface area (Å²) >= 11 is 0. The standard InChI is InChI=1S/C20H16N6O3/c1-13-12-16(29-25-13)19(27)22-23-20(28)17-21-18(14-8-4-2-5-9-14)26(24-17)15-10-6-3-7-11-15/h2-12H,1H3,(H,22,27)(H,23,28). The van der Waals surface area contributed by atoms with Gasteiger partial charge in [-0.05, 0) is 19.1 Å².